The molecule has 0 aromatic carbocycles. The molecular weight excluding hydrogens is 205 g/mol. The van der Waals surface area contributed by atoms with Gasteiger partial charge in [-0.1, -0.05) is 6.92 Å². The molecule has 0 heterocycles. The number of aliphatic hydroxyl groups excluding tert-OH is 1. The van der Waals surface area contributed by atoms with Gasteiger partial charge in [-0.25, -0.2) is 0 Å². The summed E-state index contributed by atoms with van der Waals surface area (Å²) in [6.07, 6.45) is -2.54. The van der Waals surface area contributed by atoms with Gasteiger partial charge in [0.2, 0.25) is 0 Å². The maximum Gasteiger partial charge on any atom is 0.414 e. The van der Waals surface area contributed by atoms with E-state index < -0.39 is 12.3 Å². The van der Waals surface area contributed by atoms with Crippen LogP contribution in [0.1, 0.15) is 39.0 Å². The minimum Gasteiger partial charge on any atom is -0.384 e. The van der Waals surface area contributed by atoms with Gasteiger partial charge in [0.25, 0.3) is 0 Å². The Labute approximate surface area is 87.7 Å². The van der Waals surface area contributed by atoms with E-state index in [1.807, 2.05) is 0 Å². The summed E-state index contributed by atoms with van der Waals surface area (Å²) in [7, 11) is 0. The number of hydrogen-bond acceptors (Lipinski definition) is 1. The smallest absolute Gasteiger partial charge is 0.384 e. The molecule has 0 saturated heterocycles. The maximum atomic E-state index is 12.2. The van der Waals surface area contributed by atoms with Crippen molar-refractivity contribution in [3.05, 3.63) is 0 Å². The summed E-state index contributed by atoms with van der Waals surface area (Å²) in [5.41, 5.74) is 0.265. The van der Waals surface area contributed by atoms with Gasteiger partial charge in [0.1, 0.15) is 6.10 Å². The first-order valence-electron chi connectivity index (χ1n) is 5.55. The van der Waals surface area contributed by atoms with Gasteiger partial charge in [-0.2, -0.15) is 13.2 Å². The molecule has 0 aromatic rings. The zero-order valence-electron chi connectivity index (χ0n) is 8.85. The summed E-state index contributed by atoms with van der Waals surface area (Å²) in [4.78, 5) is 0. The minimum absolute atomic E-state index is 0.0837. The number of alkyl halides is 3. The van der Waals surface area contributed by atoms with E-state index in [2.05, 4.69) is 6.92 Å². The first-order valence-corrected chi connectivity index (χ1v) is 5.55. The van der Waals surface area contributed by atoms with Crippen LogP contribution in [-0.4, -0.2) is 17.4 Å². The van der Waals surface area contributed by atoms with E-state index in [4.69, 9.17) is 5.11 Å². The van der Waals surface area contributed by atoms with E-state index in [0.29, 0.717) is 5.92 Å². The zero-order valence-corrected chi connectivity index (χ0v) is 8.85. The normalized spacial score (nSPS) is 42.2. The lowest BCUT2D eigenvalue weighted by Gasteiger charge is -2.28. The molecule has 15 heavy (non-hydrogen) atoms. The molecule has 4 unspecified atom stereocenters. The molecule has 4 atom stereocenters. The van der Waals surface area contributed by atoms with Gasteiger partial charge in [0, 0.05) is 0 Å². The standard InChI is InChI=1S/C11H17F3O/c1-10-3-2-7(5-10)8(6-10)4-9(15)11(12,13)14/h7-9,15H,2-6H2,1H3. The molecule has 88 valence electrons. The second-order valence-electron chi connectivity index (χ2n) is 5.57. The summed E-state index contributed by atoms with van der Waals surface area (Å²) < 4.78 is 36.6. The Morgan fingerprint density at radius 3 is 2.47 bits per heavy atom. The minimum atomic E-state index is -4.44. The second-order valence-corrected chi connectivity index (χ2v) is 5.57. The topological polar surface area (TPSA) is 20.2 Å². The molecule has 2 aliphatic carbocycles. The summed E-state index contributed by atoms with van der Waals surface area (Å²) in [5.74, 6) is 0.507. The van der Waals surface area contributed by atoms with Crippen molar-refractivity contribution >= 4 is 0 Å². The lowest BCUT2D eigenvalue weighted by molar-refractivity contribution is -0.209. The summed E-state index contributed by atoms with van der Waals surface area (Å²) in [5, 5.41) is 9.03. The van der Waals surface area contributed by atoms with E-state index in [0.717, 1.165) is 25.7 Å². The van der Waals surface area contributed by atoms with E-state index in [1.165, 1.54) is 0 Å². The number of aliphatic hydroxyl groups is 1. The third-order valence-electron chi connectivity index (χ3n) is 4.20. The summed E-state index contributed by atoms with van der Waals surface area (Å²) in [6.45, 7) is 2.16. The van der Waals surface area contributed by atoms with Crippen molar-refractivity contribution in [2.45, 2.75) is 51.3 Å². The quantitative estimate of drug-likeness (QED) is 0.761. The third-order valence-corrected chi connectivity index (χ3v) is 4.20. The Kier molecular flexibility index (Phi) is 2.53. The van der Waals surface area contributed by atoms with Crippen LogP contribution in [-0.2, 0) is 0 Å². The Morgan fingerprint density at radius 1 is 1.40 bits per heavy atom. The highest BCUT2D eigenvalue weighted by molar-refractivity contribution is 4.98. The SMILES string of the molecule is CC12CCC(C1)C(CC(O)C(F)(F)F)C2. The van der Waals surface area contributed by atoms with Gasteiger partial charge in [-0.05, 0) is 49.4 Å². The fourth-order valence-electron chi connectivity index (χ4n) is 3.45. The molecule has 2 bridgehead atoms. The second kappa shape index (κ2) is 3.37. The van der Waals surface area contributed by atoms with Gasteiger partial charge < -0.3 is 5.11 Å². The lowest BCUT2D eigenvalue weighted by Crippen LogP contribution is -2.32. The third kappa shape index (κ3) is 2.14. The zero-order chi connectivity index (χ0) is 11.3. The highest BCUT2D eigenvalue weighted by Crippen LogP contribution is 2.58. The Hall–Kier alpha value is -0.250. The van der Waals surface area contributed by atoms with Crippen molar-refractivity contribution < 1.29 is 18.3 Å². The number of fused-ring (bicyclic) bond motifs is 2. The molecule has 4 heteroatoms. The van der Waals surface area contributed by atoms with Crippen LogP contribution in [0, 0.1) is 17.3 Å². The van der Waals surface area contributed by atoms with Crippen LogP contribution in [0.4, 0.5) is 13.2 Å². The van der Waals surface area contributed by atoms with Crippen molar-refractivity contribution in [3.8, 4) is 0 Å². The highest BCUT2D eigenvalue weighted by atomic mass is 19.4. The van der Waals surface area contributed by atoms with E-state index >= 15 is 0 Å². The monoisotopic (exact) mass is 222 g/mol. The summed E-state index contributed by atoms with van der Waals surface area (Å²) in [6, 6.07) is 0. The fraction of sp³-hybridized carbons (Fsp3) is 1.00. The fourth-order valence-corrected chi connectivity index (χ4v) is 3.45. The van der Waals surface area contributed by atoms with Gasteiger partial charge in [-0.3, -0.25) is 0 Å². The number of hydrogen-bond donors (Lipinski definition) is 1. The Balaban J connectivity index is 1.93. The molecule has 2 saturated carbocycles. The van der Waals surface area contributed by atoms with Gasteiger partial charge in [-0.15, -0.1) is 0 Å². The van der Waals surface area contributed by atoms with Crippen LogP contribution in [0.15, 0.2) is 0 Å². The molecular formula is C11H17F3O. The Morgan fingerprint density at radius 2 is 2.07 bits per heavy atom. The highest BCUT2D eigenvalue weighted by Gasteiger charge is 2.50. The lowest BCUT2D eigenvalue weighted by atomic mass is 9.79. The van der Waals surface area contributed by atoms with Crippen molar-refractivity contribution in [2.75, 3.05) is 0 Å². The predicted octanol–water partition coefficient (Wildman–Crippen LogP) is 3.13. The molecule has 0 aliphatic heterocycles. The van der Waals surface area contributed by atoms with Crippen molar-refractivity contribution in [1.82, 2.24) is 0 Å². The van der Waals surface area contributed by atoms with Crippen molar-refractivity contribution in [1.29, 1.82) is 0 Å². The van der Waals surface area contributed by atoms with Crippen LogP contribution in [0.25, 0.3) is 0 Å². The average Bonchev–Trinajstić information content (AvgIpc) is 2.57. The van der Waals surface area contributed by atoms with Crippen LogP contribution < -0.4 is 0 Å². The largest absolute Gasteiger partial charge is 0.414 e. The van der Waals surface area contributed by atoms with Gasteiger partial charge in [0.15, 0.2) is 0 Å². The van der Waals surface area contributed by atoms with E-state index in [1.54, 1.807) is 0 Å². The summed E-state index contributed by atoms with van der Waals surface area (Å²) >= 11 is 0. The van der Waals surface area contributed by atoms with Crippen LogP contribution >= 0.6 is 0 Å². The molecule has 1 N–H and O–H groups in total. The van der Waals surface area contributed by atoms with Crippen molar-refractivity contribution in [3.63, 3.8) is 0 Å². The van der Waals surface area contributed by atoms with E-state index in [9.17, 15) is 13.2 Å². The molecule has 2 aliphatic rings. The number of halogens is 3. The van der Waals surface area contributed by atoms with Crippen LogP contribution in [0.2, 0.25) is 0 Å². The van der Waals surface area contributed by atoms with Gasteiger partial charge in [0.05, 0.1) is 0 Å². The average molecular weight is 222 g/mol. The molecule has 1 nitrogen and oxygen atoms in total. The van der Waals surface area contributed by atoms with Crippen molar-refractivity contribution in [2.24, 2.45) is 17.3 Å². The molecule has 2 fully saturated rings. The molecule has 0 amide bonds. The van der Waals surface area contributed by atoms with Gasteiger partial charge >= 0.3 is 6.18 Å². The van der Waals surface area contributed by atoms with Crippen LogP contribution in [0.3, 0.4) is 0 Å². The first kappa shape index (κ1) is 11.2. The van der Waals surface area contributed by atoms with E-state index in [-0.39, 0.29) is 17.8 Å². The maximum absolute atomic E-state index is 12.2. The van der Waals surface area contributed by atoms with Crippen LogP contribution in [0.5, 0.6) is 0 Å². The molecule has 0 radical (unpaired) electrons. The molecule has 0 aromatic heterocycles. The molecule has 0 spiro atoms. The molecule has 2 rings (SSSR count). The Bertz CT molecular complexity index is 251. The number of rotatable bonds is 2. The first-order chi connectivity index (χ1) is 6.80. The predicted molar refractivity (Wildman–Crippen MR) is 50.2 cm³/mol.